The van der Waals surface area contributed by atoms with E-state index >= 15 is 0 Å². The Labute approximate surface area is 165 Å². The van der Waals surface area contributed by atoms with Gasteiger partial charge >= 0.3 is 0 Å². The number of fused-ring (bicyclic) bond motifs is 1. The Bertz CT molecular complexity index is 941. The summed E-state index contributed by atoms with van der Waals surface area (Å²) in [5.41, 5.74) is 3.50. The van der Waals surface area contributed by atoms with Gasteiger partial charge in [0, 0.05) is 32.3 Å². The molecular weight excluding hydrogens is 356 g/mol. The fourth-order valence-electron chi connectivity index (χ4n) is 3.34. The highest BCUT2D eigenvalue weighted by Crippen LogP contribution is 2.28. The van der Waals surface area contributed by atoms with Gasteiger partial charge in [-0.15, -0.1) is 0 Å². The minimum atomic E-state index is 0.00276. The number of hydrogen-bond donors (Lipinski definition) is 0. The molecule has 0 spiro atoms. The monoisotopic (exact) mass is 384 g/mol. The van der Waals surface area contributed by atoms with Gasteiger partial charge in [-0.05, 0) is 30.5 Å². The molecule has 0 saturated carbocycles. The van der Waals surface area contributed by atoms with Gasteiger partial charge in [0.1, 0.15) is 5.69 Å². The van der Waals surface area contributed by atoms with Crippen LogP contribution in [0.5, 0.6) is 11.5 Å². The number of unbranched alkanes of at least 4 members (excludes halogenated alkanes) is 1. The molecule has 0 unspecified atom stereocenters. The number of hydrogen-bond acceptors (Lipinski definition) is 4. The number of aromatic nitrogens is 1. The zero-order valence-electron chi connectivity index (χ0n) is 17.0. The number of rotatable bonds is 9. The first kappa shape index (κ1) is 19.9. The van der Waals surface area contributed by atoms with Crippen LogP contribution in [0.4, 0.5) is 0 Å². The lowest BCUT2D eigenvalue weighted by Gasteiger charge is -2.19. The number of benzene rings is 1. The van der Waals surface area contributed by atoms with E-state index in [0.29, 0.717) is 23.7 Å². The first-order valence-corrected chi connectivity index (χ1v) is 9.62. The molecule has 0 radical (unpaired) electrons. The van der Waals surface area contributed by atoms with Gasteiger partial charge in [0.25, 0.3) is 5.91 Å². The maximum atomic E-state index is 13.1. The Hall–Kier alpha value is -2.89. The predicted molar refractivity (Wildman–Crippen MR) is 109 cm³/mol. The smallest absolute Gasteiger partial charge is 0.270 e. The summed E-state index contributed by atoms with van der Waals surface area (Å²) in [6.07, 6.45) is 4.49. The second-order valence-electron chi connectivity index (χ2n) is 6.87. The molecule has 1 amide bonds. The Morgan fingerprint density at radius 1 is 1.14 bits per heavy atom. The number of likely N-dealkylation sites (N-methyl/N-ethyl adjacent to an activating group) is 1. The van der Waals surface area contributed by atoms with Crippen molar-refractivity contribution in [2.45, 2.75) is 32.7 Å². The highest BCUT2D eigenvalue weighted by Gasteiger charge is 2.20. The third-order valence-corrected chi connectivity index (χ3v) is 5.01. The number of amides is 1. The Morgan fingerprint density at radius 3 is 2.64 bits per heavy atom. The van der Waals surface area contributed by atoms with Gasteiger partial charge in [-0.1, -0.05) is 19.4 Å². The Morgan fingerprint density at radius 2 is 1.93 bits per heavy atom. The molecule has 0 fully saturated rings. The molecule has 2 aromatic heterocycles. The van der Waals surface area contributed by atoms with Crippen molar-refractivity contribution in [3.8, 4) is 11.5 Å². The van der Waals surface area contributed by atoms with Gasteiger partial charge in [-0.25, -0.2) is 0 Å². The fourth-order valence-corrected chi connectivity index (χ4v) is 3.34. The number of carbonyl (C=O) groups excluding carboxylic acids is 1. The van der Waals surface area contributed by atoms with E-state index in [9.17, 15) is 4.79 Å². The van der Waals surface area contributed by atoms with Crippen molar-refractivity contribution >= 4 is 17.0 Å². The average Bonchev–Trinajstić information content (AvgIpc) is 3.31. The van der Waals surface area contributed by atoms with Gasteiger partial charge in [-0.2, -0.15) is 0 Å². The summed E-state index contributed by atoms with van der Waals surface area (Å²) in [5, 5.41) is 0. The van der Waals surface area contributed by atoms with E-state index in [-0.39, 0.29) is 5.91 Å². The molecule has 1 aromatic carbocycles. The van der Waals surface area contributed by atoms with Crippen LogP contribution >= 0.6 is 0 Å². The van der Waals surface area contributed by atoms with Crippen LogP contribution in [0.2, 0.25) is 0 Å². The Balaban J connectivity index is 1.73. The van der Waals surface area contributed by atoms with Gasteiger partial charge < -0.3 is 23.4 Å². The number of ether oxygens (including phenoxy) is 2. The van der Waals surface area contributed by atoms with Crippen LogP contribution in [0.15, 0.2) is 41.0 Å². The third-order valence-electron chi connectivity index (χ3n) is 5.01. The van der Waals surface area contributed by atoms with E-state index < -0.39 is 0 Å². The lowest BCUT2D eigenvalue weighted by Crippen LogP contribution is -2.30. The second kappa shape index (κ2) is 8.87. The van der Waals surface area contributed by atoms with E-state index in [1.807, 2.05) is 37.4 Å². The van der Waals surface area contributed by atoms with Gasteiger partial charge in [0.05, 0.1) is 26.0 Å². The highest BCUT2D eigenvalue weighted by atomic mass is 16.5. The van der Waals surface area contributed by atoms with Gasteiger partial charge in [-0.3, -0.25) is 4.79 Å². The van der Waals surface area contributed by atoms with E-state index in [4.69, 9.17) is 13.9 Å². The fraction of sp³-hybridized carbons (Fsp3) is 0.409. The summed E-state index contributed by atoms with van der Waals surface area (Å²) in [5.74, 6) is 1.40. The van der Waals surface area contributed by atoms with Crippen LogP contribution in [-0.2, 0) is 13.0 Å². The number of methoxy groups -OCH3 is 2. The molecule has 0 aliphatic heterocycles. The normalized spacial score (nSPS) is 11.0. The number of aryl methyl sites for hydroxylation is 1. The topological polar surface area (TPSA) is 56.8 Å². The summed E-state index contributed by atoms with van der Waals surface area (Å²) in [6, 6.07) is 9.61. The SMILES string of the molecule is CCCCn1c(C(=O)N(C)CCc2ccc(OC)c(OC)c2)cc2occc21. The van der Waals surface area contributed by atoms with Crippen molar-refractivity contribution in [1.82, 2.24) is 9.47 Å². The van der Waals surface area contributed by atoms with Crippen LogP contribution in [0.1, 0.15) is 35.8 Å². The summed E-state index contributed by atoms with van der Waals surface area (Å²) < 4.78 is 18.2. The first-order valence-electron chi connectivity index (χ1n) is 9.62. The maximum Gasteiger partial charge on any atom is 0.270 e. The average molecular weight is 384 g/mol. The van der Waals surface area contributed by atoms with E-state index in [1.54, 1.807) is 25.4 Å². The van der Waals surface area contributed by atoms with Crippen molar-refractivity contribution in [1.29, 1.82) is 0 Å². The molecule has 6 heteroatoms. The van der Waals surface area contributed by atoms with Gasteiger partial charge in [0.15, 0.2) is 17.1 Å². The molecule has 3 aromatic rings. The lowest BCUT2D eigenvalue weighted by atomic mass is 10.1. The van der Waals surface area contributed by atoms with Crippen LogP contribution in [0, 0.1) is 0 Å². The third kappa shape index (κ3) is 4.01. The molecular formula is C22H28N2O4. The molecule has 0 saturated heterocycles. The zero-order valence-corrected chi connectivity index (χ0v) is 17.0. The zero-order chi connectivity index (χ0) is 20.1. The molecule has 0 N–H and O–H groups in total. The van der Waals surface area contributed by atoms with Crippen molar-refractivity contribution in [2.75, 3.05) is 27.8 Å². The summed E-state index contributed by atoms with van der Waals surface area (Å²) in [6.45, 7) is 3.56. The Kier molecular flexibility index (Phi) is 6.29. The number of furan rings is 1. The highest BCUT2D eigenvalue weighted by molar-refractivity contribution is 5.97. The molecule has 150 valence electrons. The molecule has 6 nitrogen and oxygen atoms in total. The molecule has 2 heterocycles. The van der Waals surface area contributed by atoms with Crippen molar-refractivity contribution < 1.29 is 18.7 Å². The van der Waals surface area contributed by atoms with E-state index in [0.717, 1.165) is 42.5 Å². The van der Waals surface area contributed by atoms with Crippen LogP contribution < -0.4 is 9.47 Å². The van der Waals surface area contributed by atoms with Crippen molar-refractivity contribution in [3.63, 3.8) is 0 Å². The van der Waals surface area contributed by atoms with Gasteiger partial charge in [0.2, 0.25) is 0 Å². The summed E-state index contributed by atoms with van der Waals surface area (Å²) in [4.78, 5) is 14.8. The van der Waals surface area contributed by atoms with E-state index in [1.165, 1.54) is 0 Å². The number of nitrogens with zero attached hydrogens (tertiary/aromatic N) is 2. The molecule has 0 atom stereocenters. The predicted octanol–water partition coefficient (Wildman–Crippen LogP) is 4.37. The van der Waals surface area contributed by atoms with Crippen LogP contribution in [0.25, 0.3) is 11.1 Å². The summed E-state index contributed by atoms with van der Waals surface area (Å²) >= 11 is 0. The molecule has 28 heavy (non-hydrogen) atoms. The quantitative estimate of drug-likeness (QED) is 0.550. The largest absolute Gasteiger partial charge is 0.493 e. The minimum Gasteiger partial charge on any atom is -0.493 e. The maximum absolute atomic E-state index is 13.1. The van der Waals surface area contributed by atoms with Crippen LogP contribution in [0.3, 0.4) is 0 Å². The molecule has 3 rings (SSSR count). The second-order valence-corrected chi connectivity index (χ2v) is 6.87. The molecule has 0 aliphatic rings. The number of carbonyl (C=O) groups is 1. The standard InChI is InChI=1S/C22H28N2O4/c1-5-6-11-24-17-10-13-28-20(17)15-18(24)22(25)23(2)12-9-16-7-8-19(26-3)21(14-16)27-4/h7-8,10,13-15H,5-6,9,11-12H2,1-4H3. The summed E-state index contributed by atoms with van der Waals surface area (Å²) in [7, 11) is 5.08. The van der Waals surface area contributed by atoms with E-state index in [2.05, 4.69) is 11.5 Å². The minimum absolute atomic E-state index is 0.00276. The van der Waals surface area contributed by atoms with Crippen LogP contribution in [-0.4, -0.2) is 43.2 Å². The molecule has 0 bridgehead atoms. The van der Waals surface area contributed by atoms with Crippen molar-refractivity contribution in [3.05, 3.63) is 47.9 Å². The molecule has 0 aliphatic carbocycles. The first-order chi connectivity index (χ1) is 13.6. The lowest BCUT2D eigenvalue weighted by molar-refractivity contribution is 0.0786. The van der Waals surface area contributed by atoms with Crippen molar-refractivity contribution in [2.24, 2.45) is 0 Å².